The lowest BCUT2D eigenvalue weighted by molar-refractivity contribution is -0.162. The Hall–Kier alpha value is -3.70. The third-order valence-electron chi connectivity index (χ3n) is 10.5. The summed E-state index contributed by atoms with van der Waals surface area (Å²) in [7, 11) is 0. The van der Waals surface area contributed by atoms with Crippen LogP contribution in [0.2, 0.25) is 0 Å². The molecule has 0 spiro atoms. The summed E-state index contributed by atoms with van der Waals surface area (Å²) in [4.78, 5) is 25.4. The molecule has 0 rings (SSSR count). The van der Waals surface area contributed by atoms with Gasteiger partial charge in [0.25, 0.3) is 0 Å². The molecule has 0 saturated heterocycles. The van der Waals surface area contributed by atoms with Crippen molar-refractivity contribution in [2.75, 3.05) is 19.8 Å². The lowest BCUT2D eigenvalue weighted by atomic mass is 10.1. The molecule has 64 heavy (non-hydrogen) atoms. The van der Waals surface area contributed by atoms with E-state index in [0.29, 0.717) is 19.4 Å². The highest BCUT2D eigenvalue weighted by molar-refractivity contribution is 5.70. The molecular formula is C59H96O5. The first-order valence-corrected chi connectivity index (χ1v) is 26.1. The zero-order valence-corrected chi connectivity index (χ0v) is 41.5. The van der Waals surface area contributed by atoms with Crippen molar-refractivity contribution < 1.29 is 23.8 Å². The number of hydrogen-bond acceptors (Lipinski definition) is 5. The molecule has 0 aromatic rings. The number of carbonyl (C=O) groups is 2. The van der Waals surface area contributed by atoms with Crippen molar-refractivity contribution in [3.63, 3.8) is 0 Å². The Balaban J connectivity index is 4.38. The Morgan fingerprint density at radius 1 is 0.344 bits per heavy atom. The molecule has 1 unspecified atom stereocenters. The van der Waals surface area contributed by atoms with Gasteiger partial charge in [-0.15, -0.1) is 0 Å². The molecular weight excluding hydrogens is 789 g/mol. The molecule has 0 amide bonds. The zero-order chi connectivity index (χ0) is 46.3. The molecule has 0 fully saturated rings. The van der Waals surface area contributed by atoms with Crippen molar-refractivity contribution in [3.05, 3.63) is 122 Å². The highest BCUT2D eigenvalue weighted by Gasteiger charge is 2.17. The Labute approximate surface area is 395 Å². The van der Waals surface area contributed by atoms with Gasteiger partial charge in [-0.25, -0.2) is 0 Å². The van der Waals surface area contributed by atoms with Crippen LogP contribution in [0.4, 0.5) is 0 Å². The summed E-state index contributed by atoms with van der Waals surface area (Å²) < 4.78 is 17.3. The first-order chi connectivity index (χ1) is 31.6. The lowest BCUT2D eigenvalue weighted by Crippen LogP contribution is -2.30. The van der Waals surface area contributed by atoms with Crippen molar-refractivity contribution in [1.82, 2.24) is 0 Å². The Morgan fingerprint density at radius 2 is 0.688 bits per heavy atom. The van der Waals surface area contributed by atoms with Crippen LogP contribution in [0.3, 0.4) is 0 Å². The zero-order valence-electron chi connectivity index (χ0n) is 41.5. The van der Waals surface area contributed by atoms with E-state index in [1.165, 1.54) is 70.6 Å². The van der Waals surface area contributed by atoms with Gasteiger partial charge < -0.3 is 14.2 Å². The maximum Gasteiger partial charge on any atom is 0.306 e. The van der Waals surface area contributed by atoms with E-state index in [1.807, 2.05) is 6.08 Å². The van der Waals surface area contributed by atoms with Gasteiger partial charge in [-0.1, -0.05) is 213 Å². The van der Waals surface area contributed by atoms with Crippen LogP contribution in [0, 0.1) is 0 Å². The number of rotatable bonds is 46. The fraction of sp³-hybridized carbons (Fsp3) is 0.627. The smallest absolute Gasteiger partial charge is 0.306 e. The number of allylic oxidation sites excluding steroid dienone is 20. The Kier molecular flexibility index (Phi) is 50.5. The van der Waals surface area contributed by atoms with E-state index in [1.54, 1.807) is 0 Å². The van der Waals surface area contributed by atoms with Crippen molar-refractivity contribution >= 4 is 11.9 Å². The molecule has 1 atom stereocenters. The second-order valence-corrected chi connectivity index (χ2v) is 16.6. The minimum atomic E-state index is -0.590. The van der Waals surface area contributed by atoms with Gasteiger partial charge in [0, 0.05) is 19.4 Å². The molecule has 0 aromatic heterocycles. The second kappa shape index (κ2) is 53.6. The van der Waals surface area contributed by atoms with Crippen molar-refractivity contribution in [3.8, 4) is 0 Å². The van der Waals surface area contributed by atoms with E-state index >= 15 is 0 Å². The molecule has 0 bridgehead atoms. The van der Waals surface area contributed by atoms with E-state index in [2.05, 4.69) is 136 Å². The summed E-state index contributed by atoms with van der Waals surface area (Å²) in [6.45, 7) is 7.38. The molecule has 5 heteroatoms. The summed E-state index contributed by atoms with van der Waals surface area (Å²) in [5, 5.41) is 0. The average Bonchev–Trinajstić information content (AvgIpc) is 3.30. The molecule has 0 aliphatic carbocycles. The maximum atomic E-state index is 12.8. The minimum absolute atomic E-state index is 0.0410. The van der Waals surface area contributed by atoms with Crippen LogP contribution in [-0.2, 0) is 23.8 Å². The highest BCUT2D eigenvalue weighted by Crippen LogP contribution is 2.13. The molecule has 5 nitrogen and oxygen atoms in total. The number of ether oxygens (including phenoxy) is 3. The SMILES string of the molecule is CC/C=C\C/C=C\C/C=C\C/C=C\CCC(=O)OC(COCCCCCCCCCC/C=C\C/C=C\C/C=C\CC)COC(=O)CCCCCCCCC/C=C\C/C=C\C/C=C\CC. The standard InChI is InChI=1S/C59H96O5/c1-4-7-10-13-16-19-22-25-27-29-31-33-36-39-42-45-48-51-54-62-55-57(64-59(61)53-50-47-44-41-38-34-24-21-18-15-12-9-6-3)56-63-58(60)52-49-46-43-40-37-35-32-30-28-26-23-20-17-14-11-8-5-2/h7-12,16-21,25-28,34,38,44,47,57H,4-6,13-15,22-24,29-33,35-37,39-43,45-46,48-56H2,1-3H3/b10-7-,11-8-,12-9-,19-16-,20-17-,21-18-,27-25-,28-26-,38-34-,47-44-. The molecule has 0 aliphatic heterocycles. The maximum absolute atomic E-state index is 12.8. The highest BCUT2D eigenvalue weighted by atomic mass is 16.6. The predicted molar refractivity (Wildman–Crippen MR) is 279 cm³/mol. The van der Waals surface area contributed by atoms with Crippen molar-refractivity contribution in [1.29, 1.82) is 0 Å². The van der Waals surface area contributed by atoms with Crippen molar-refractivity contribution in [2.24, 2.45) is 0 Å². The molecule has 0 aromatic carbocycles. The monoisotopic (exact) mass is 885 g/mol. The Morgan fingerprint density at radius 3 is 1.11 bits per heavy atom. The Bertz CT molecular complexity index is 1320. The van der Waals surface area contributed by atoms with Crippen LogP contribution in [0.25, 0.3) is 0 Å². The summed E-state index contributed by atoms with van der Waals surface area (Å²) in [5.74, 6) is -0.513. The van der Waals surface area contributed by atoms with Gasteiger partial charge in [0.05, 0.1) is 6.61 Å². The van der Waals surface area contributed by atoms with Crippen LogP contribution in [0.5, 0.6) is 0 Å². The fourth-order valence-corrected chi connectivity index (χ4v) is 6.73. The third-order valence-corrected chi connectivity index (χ3v) is 10.5. The van der Waals surface area contributed by atoms with Gasteiger partial charge in [0.1, 0.15) is 6.61 Å². The quantitative estimate of drug-likeness (QED) is 0.0346. The van der Waals surface area contributed by atoms with Crippen molar-refractivity contribution in [2.45, 2.75) is 219 Å². The van der Waals surface area contributed by atoms with E-state index < -0.39 is 6.10 Å². The summed E-state index contributed by atoms with van der Waals surface area (Å²) in [6.07, 6.45) is 75.1. The molecule has 362 valence electrons. The molecule has 0 radical (unpaired) electrons. The number of carbonyl (C=O) groups excluding carboxylic acids is 2. The van der Waals surface area contributed by atoms with Crippen LogP contribution >= 0.6 is 0 Å². The largest absolute Gasteiger partial charge is 0.462 e. The average molecular weight is 885 g/mol. The van der Waals surface area contributed by atoms with Gasteiger partial charge in [-0.3, -0.25) is 9.59 Å². The third kappa shape index (κ3) is 50.9. The normalized spacial score (nSPS) is 13.2. The van der Waals surface area contributed by atoms with Gasteiger partial charge in [-0.2, -0.15) is 0 Å². The summed E-state index contributed by atoms with van der Waals surface area (Å²) in [5.41, 5.74) is 0. The van der Waals surface area contributed by atoms with Crippen LogP contribution in [0.15, 0.2) is 122 Å². The van der Waals surface area contributed by atoms with E-state index in [-0.39, 0.29) is 31.6 Å². The van der Waals surface area contributed by atoms with Gasteiger partial charge >= 0.3 is 11.9 Å². The predicted octanol–water partition coefficient (Wildman–Crippen LogP) is 17.8. The van der Waals surface area contributed by atoms with E-state index in [4.69, 9.17) is 14.2 Å². The second-order valence-electron chi connectivity index (χ2n) is 16.6. The first-order valence-electron chi connectivity index (χ1n) is 26.1. The minimum Gasteiger partial charge on any atom is -0.462 e. The number of hydrogen-bond donors (Lipinski definition) is 0. The molecule has 0 saturated carbocycles. The summed E-state index contributed by atoms with van der Waals surface area (Å²) >= 11 is 0. The molecule has 0 heterocycles. The van der Waals surface area contributed by atoms with E-state index in [9.17, 15) is 9.59 Å². The van der Waals surface area contributed by atoms with Gasteiger partial charge in [0.15, 0.2) is 6.10 Å². The summed E-state index contributed by atoms with van der Waals surface area (Å²) in [6, 6.07) is 0. The fourth-order valence-electron chi connectivity index (χ4n) is 6.73. The number of unbranched alkanes of at least 4 members (excludes halogenated alkanes) is 15. The number of esters is 2. The van der Waals surface area contributed by atoms with Gasteiger partial charge in [-0.05, 0) is 109 Å². The van der Waals surface area contributed by atoms with E-state index in [0.717, 1.165) is 103 Å². The first kappa shape index (κ1) is 60.3. The van der Waals surface area contributed by atoms with Crippen LogP contribution < -0.4 is 0 Å². The van der Waals surface area contributed by atoms with Gasteiger partial charge in [0.2, 0.25) is 0 Å². The van der Waals surface area contributed by atoms with Crippen LogP contribution in [0.1, 0.15) is 213 Å². The van der Waals surface area contributed by atoms with Crippen LogP contribution in [-0.4, -0.2) is 37.9 Å². The lowest BCUT2D eigenvalue weighted by Gasteiger charge is -2.18. The molecule has 0 aliphatic rings. The topological polar surface area (TPSA) is 61.8 Å². The molecule has 0 N–H and O–H groups in total.